The van der Waals surface area contributed by atoms with E-state index in [0.29, 0.717) is 23.9 Å². The third-order valence-corrected chi connectivity index (χ3v) is 3.79. The van der Waals surface area contributed by atoms with Crippen LogP contribution in [0, 0.1) is 5.92 Å². The molecule has 0 aromatic carbocycles. The van der Waals surface area contributed by atoms with Crippen LogP contribution in [0.4, 0.5) is 5.69 Å². The van der Waals surface area contributed by atoms with Gasteiger partial charge in [0.2, 0.25) is 0 Å². The predicted octanol–water partition coefficient (Wildman–Crippen LogP) is 1.92. The van der Waals surface area contributed by atoms with Crippen molar-refractivity contribution in [2.24, 2.45) is 5.92 Å². The molecule has 1 aliphatic rings. The zero-order valence-electron chi connectivity index (χ0n) is 14.0. The summed E-state index contributed by atoms with van der Waals surface area (Å²) in [5, 5.41) is 13.1. The Labute approximate surface area is 141 Å². The highest BCUT2D eigenvalue weighted by Crippen LogP contribution is 2.18. The third-order valence-electron chi connectivity index (χ3n) is 3.79. The summed E-state index contributed by atoms with van der Waals surface area (Å²) in [6.07, 6.45) is 2.48. The van der Waals surface area contributed by atoms with E-state index in [4.69, 9.17) is 4.74 Å². The Kier molecular flexibility index (Phi) is 5.22. The van der Waals surface area contributed by atoms with Crippen LogP contribution in [-0.2, 0) is 11.2 Å². The molecule has 1 fully saturated rings. The second kappa shape index (κ2) is 7.55. The molecule has 7 heteroatoms. The smallest absolute Gasteiger partial charge is 0.276 e. The highest BCUT2D eigenvalue weighted by molar-refractivity contribution is 6.02. The van der Waals surface area contributed by atoms with E-state index < -0.39 is 0 Å². The van der Waals surface area contributed by atoms with Crippen LogP contribution in [-0.4, -0.2) is 40.8 Å². The number of nitrogens with zero attached hydrogens (tertiary/aromatic N) is 2. The number of rotatable bonds is 5. The molecule has 1 aliphatic heterocycles. The Bertz CT molecular complexity index is 675. The van der Waals surface area contributed by atoms with Gasteiger partial charge < -0.3 is 15.4 Å². The fourth-order valence-electron chi connectivity index (χ4n) is 2.64. The van der Waals surface area contributed by atoms with Crippen LogP contribution in [0.5, 0.6) is 0 Å². The first-order chi connectivity index (χ1) is 11.6. The molecule has 2 aromatic heterocycles. The van der Waals surface area contributed by atoms with E-state index in [2.05, 4.69) is 39.7 Å². The molecule has 128 valence electrons. The second-order valence-electron chi connectivity index (χ2n) is 6.37. The van der Waals surface area contributed by atoms with Crippen molar-refractivity contribution in [3.8, 4) is 0 Å². The lowest BCUT2D eigenvalue weighted by Crippen LogP contribution is -2.33. The minimum atomic E-state index is -0.244. The van der Waals surface area contributed by atoms with E-state index in [1.165, 1.54) is 0 Å². The first-order valence-corrected chi connectivity index (χ1v) is 8.25. The van der Waals surface area contributed by atoms with E-state index >= 15 is 0 Å². The van der Waals surface area contributed by atoms with Crippen LogP contribution < -0.4 is 10.6 Å². The van der Waals surface area contributed by atoms with Gasteiger partial charge in [0, 0.05) is 18.8 Å². The average Bonchev–Trinajstić information content (AvgIpc) is 3.04. The molecule has 3 heterocycles. The number of hydrogen-bond acceptors (Lipinski definition) is 5. The number of morpholine rings is 1. The maximum absolute atomic E-state index is 12.2. The SMILES string of the molecule is CC(C)Cc1cc(C(=O)Nc2ccc([C@H]3CNCCO3)nc2)n[nH]1. The zero-order chi connectivity index (χ0) is 16.9. The summed E-state index contributed by atoms with van der Waals surface area (Å²) >= 11 is 0. The van der Waals surface area contributed by atoms with Gasteiger partial charge in [-0.15, -0.1) is 0 Å². The average molecular weight is 329 g/mol. The van der Waals surface area contributed by atoms with Gasteiger partial charge in [-0.25, -0.2) is 0 Å². The molecule has 0 unspecified atom stereocenters. The molecule has 0 radical (unpaired) electrons. The summed E-state index contributed by atoms with van der Waals surface area (Å²) in [4.78, 5) is 16.6. The second-order valence-corrected chi connectivity index (χ2v) is 6.37. The monoisotopic (exact) mass is 329 g/mol. The van der Waals surface area contributed by atoms with Crippen LogP contribution in [0.25, 0.3) is 0 Å². The van der Waals surface area contributed by atoms with Gasteiger partial charge in [0.05, 0.1) is 24.2 Å². The summed E-state index contributed by atoms with van der Waals surface area (Å²) in [7, 11) is 0. The first kappa shape index (κ1) is 16.6. The first-order valence-electron chi connectivity index (χ1n) is 8.25. The molecular formula is C17H23N5O2. The van der Waals surface area contributed by atoms with Gasteiger partial charge in [-0.05, 0) is 30.5 Å². The molecule has 0 aliphatic carbocycles. The molecule has 1 amide bonds. The number of pyridine rings is 1. The van der Waals surface area contributed by atoms with E-state index in [-0.39, 0.29) is 12.0 Å². The summed E-state index contributed by atoms with van der Waals surface area (Å²) in [6.45, 7) is 6.55. The number of anilines is 1. The maximum Gasteiger partial charge on any atom is 0.276 e. The van der Waals surface area contributed by atoms with E-state index in [1.54, 1.807) is 12.3 Å². The van der Waals surface area contributed by atoms with Crippen molar-refractivity contribution in [2.75, 3.05) is 25.0 Å². The third kappa shape index (κ3) is 4.18. The van der Waals surface area contributed by atoms with Gasteiger partial charge in [0.1, 0.15) is 6.10 Å². The molecule has 7 nitrogen and oxygen atoms in total. The van der Waals surface area contributed by atoms with E-state index in [1.807, 2.05) is 12.1 Å². The van der Waals surface area contributed by atoms with Gasteiger partial charge >= 0.3 is 0 Å². The topological polar surface area (TPSA) is 91.9 Å². The summed E-state index contributed by atoms with van der Waals surface area (Å²) < 4.78 is 5.66. The van der Waals surface area contributed by atoms with Crippen LogP contribution in [0.3, 0.4) is 0 Å². The zero-order valence-corrected chi connectivity index (χ0v) is 14.0. The Morgan fingerprint density at radius 3 is 3.00 bits per heavy atom. The summed E-state index contributed by atoms with van der Waals surface area (Å²) in [5.41, 5.74) is 2.85. The van der Waals surface area contributed by atoms with Gasteiger partial charge in [-0.3, -0.25) is 14.9 Å². The van der Waals surface area contributed by atoms with Crippen LogP contribution in [0.1, 0.15) is 41.8 Å². The number of aromatic nitrogens is 3. The van der Waals surface area contributed by atoms with Gasteiger partial charge in [0.15, 0.2) is 5.69 Å². The van der Waals surface area contributed by atoms with Crippen molar-refractivity contribution in [2.45, 2.75) is 26.4 Å². The fourth-order valence-corrected chi connectivity index (χ4v) is 2.64. The number of carbonyl (C=O) groups is 1. The molecule has 2 aromatic rings. The predicted molar refractivity (Wildman–Crippen MR) is 90.9 cm³/mol. The summed E-state index contributed by atoms with van der Waals surface area (Å²) in [5.74, 6) is 0.265. The standard InChI is InChI=1S/C17H23N5O2/c1-11(2)7-13-8-15(22-21-13)17(23)20-12-3-4-14(19-9-12)16-10-18-5-6-24-16/h3-4,8-9,11,16,18H,5-7,10H2,1-2H3,(H,20,23)(H,21,22)/t16-/m1/s1. The minimum Gasteiger partial charge on any atom is -0.369 e. The number of aromatic amines is 1. The highest BCUT2D eigenvalue weighted by atomic mass is 16.5. The largest absolute Gasteiger partial charge is 0.369 e. The number of amides is 1. The molecule has 0 bridgehead atoms. The van der Waals surface area contributed by atoms with Crippen LogP contribution >= 0.6 is 0 Å². The molecule has 1 saturated heterocycles. The summed E-state index contributed by atoms with van der Waals surface area (Å²) in [6, 6.07) is 5.50. The van der Waals surface area contributed by atoms with Gasteiger partial charge in [-0.1, -0.05) is 13.8 Å². The lowest BCUT2D eigenvalue weighted by atomic mass is 10.1. The fraction of sp³-hybridized carbons (Fsp3) is 0.471. The van der Waals surface area contributed by atoms with Crippen LogP contribution in [0.2, 0.25) is 0 Å². The van der Waals surface area contributed by atoms with Crippen molar-refractivity contribution in [1.29, 1.82) is 0 Å². The lowest BCUT2D eigenvalue weighted by molar-refractivity contribution is 0.0250. The number of ether oxygens (including phenoxy) is 1. The van der Waals surface area contributed by atoms with Crippen molar-refractivity contribution < 1.29 is 9.53 Å². The molecule has 3 rings (SSSR count). The minimum absolute atomic E-state index is 0.0339. The normalized spacial score (nSPS) is 17.9. The Balaban J connectivity index is 1.60. The van der Waals surface area contributed by atoms with E-state index in [9.17, 15) is 4.79 Å². The highest BCUT2D eigenvalue weighted by Gasteiger charge is 2.17. The number of nitrogens with one attached hydrogen (secondary N) is 3. The Hall–Kier alpha value is -2.25. The van der Waals surface area contributed by atoms with Gasteiger partial charge in [-0.2, -0.15) is 5.10 Å². The van der Waals surface area contributed by atoms with Crippen molar-refractivity contribution in [1.82, 2.24) is 20.5 Å². The van der Waals surface area contributed by atoms with Gasteiger partial charge in [0.25, 0.3) is 5.91 Å². The van der Waals surface area contributed by atoms with E-state index in [0.717, 1.165) is 30.9 Å². The molecule has 0 saturated carbocycles. The molecule has 1 atom stereocenters. The van der Waals surface area contributed by atoms with Crippen molar-refractivity contribution in [3.05, 3.63) is 41.5 Å². The molecule has 0 spiro atoms. The number of hydrogen-bond donors (Lipinski definition) is 3. The lowest BCUT2D eigenvalue weighted by Gasteiger charge is -2.23. The number of carbonyl (C=O) groups excluding carboxylic acids is 1. The Morgan fingerprint density at radius 2 is 2.33 bits per heavy atom. The Morgan fingerprint density at radius 1 is 1.46 bits per heavy atom. The number of H-pyrrole nitrogens is 1. The van der Waals surface area contributed by atoms with Crippen LogP contribution in [0.15, 0.2) is 24.4 Å². The quantitative estimate of drug-likeness (QED) is 0.779. The molecular weight excluding hydrogens is 306 g/mol. The maximum atomic E-state index is 12.2. The van der Waals surface area contributed by atoms with Crippen molar-refractivity contribution in [3.63, 3.8) is 0 Å². The molecule has 3 N–H and O–H groups in total. The van der Waals surface area contributed by atoms with Crippen molar-refractivity contribution >= 4 is 11.6 Å². The molecule has 24 heavy (non-hydrogen) atoms.